The van der Waals surface area contributed by atoms with Gasteiger partial charge in [0.2, 0.25) is 0 Å². The molecule has 0 aromatic rings. The van der Waals surface area contributed by atoms with Crippen molar-refractivity contribution in [1.29, 1.82) is 0 Å². The van der Waals surface area contributed by atoms with Crippen molar-refractivity contribution in [2.24, 2.45) is 0 Å². The molecule has 0 aliphatic heterocycles. The zero-order chi connectivity index (χ0) is 10.5. The Hall–Kier alpha value is 1.15. The molecule has 78 valence electrons. The molecule has 0 bridgehead atoms. The van der Waals surface area contributed by atoms with Gasteiger partial charge < -0.3 is 9.45 Å². The molecular formula is C6H12NNaO3S3. The number of carbonyl (C=O) groups excluding carboxylic acids is 1. The molecule has 0 radical (unpaired) electrons. The van der Waals surface area contributed by atoms with E-state index in [1.807, 2.05) is 0 Å². The summed E-state index contributed by atoms with van der Waals surface area (Å²) in [6.45, 7) is 0. The fourth-order valence-corrected chi connectivity index (χ4v) is 2.28. The van der Waals surface area contributed by atoms with Gasteiger partial charge in [-0.05, 0) is 26.4 Å². The minimum Gasteiger partial charge on any atom is -0.769 e. The SMILES string of the molecule is CN(C)C(=O)SCCCS(=O)([O-])=S.[Na+]. The maximum Gasteiger partial charge on any atom is 1.00 e. The first-order valence-electron chi connectivity index (χ1n) is 3.60. The third kappa shape index (κ3) is 11.2. The molecule has 0 rings (SSSR count). The van der Waals surface area contributed by atoms with Crippen molar-refractivity contribution in [2.75, 3.05) is 25.6 Å². The van der Waals surface area contributed by atoms with E-state index in [0.717, 1.165) is 11.8 Å². The number of hydrogen-bond acceptors (Lipinski definition) is 5. The average Bonchev–Trinajstić information content (AvgIpc) is 1.95. The van der Waals surface area contributed by atoms with Crippen LogP contribution in [0.3, 0.4) is 0 Å². The van der Waals surface area contributed by atoms with Crippen molar-refractivity contribution < 1.29 is 43.1 Å². The first kappa shape index (κ1) is 17.5. The molecule has 14 heavy (non-hydrogen) atoms. The predicted molar refractivity (Wildman–Crippen MR) is 57.3 cm³/mol. The fourth-order valence-electron chi connectivity index (χ4n) is 0.524. The monoisotopic (exact) mass is 265 g/mol. The van der Waals surface area contributed by atoms with Crippen LogP contribution in [0.15, 0.2) is 0 Å². The predicted octanol–water partition coefficient (Wildman–Crippen LogP) is -2.33. The molecule has 0 fully saturated rings. The van der Waals surface area contributed by atoms with Crippen LogP contribution >= 0.6 is 11.8 Å². The second-order valence-electron chi connectivity index (χ2n) is 2.62. The number of nitrogens with zero attached hydrogens (tertiary/aromatic N) is 1. The number of thioether (sulfide) groups is 1. The molecule has 0 heterocycles. The molecule has 0 aliphatic rings. The standard InChI is InChI=1S/C6H13NO3S3.Na/c1-7(2)6(8)12-4-3-5-13(9,10)11;/h3-5H2,1-2H3,(H,9,10,11);/q;+1/p-1. The van der Waals surface area contributed by atoms with Gasteiger partial charge in [0.15, 0.2) is 0 Å². The van der Waals surface area contributed by atoms with E-state index in [1.165, 1.54) is 4.90 Å². The van der Waals surface area contributed by atoms with Crippen LogP contribution in [0.2, 0.25) is 0 Å². The second-order valence-corrected chi connectivity index (χ2v) is 6.72. The van der Waals surface area contributed by atoms with Crippen LogP contribution in [-0.4, -0.2) is 44.5 Å². The Balaban J connectivity index is 0. The summed E-state index contributed by atoms with van der Waals surface area (Å²) in [4.78, 5) is 12.4. The molecule has 1 amide bonds. The maximum atomic E-state index is 11.0. The van der Waals surface area contributed by atoms with E-state index in [4.69, 9.17) is 0 Å². The normalized spacial score (nSPS) is 13.9. The summed E-state index contributed by atoms with van der Waals surface area (Å²) in [7, 11) is 0.00666. The van der Waals surface area contributed by atoms with Gasteiger partial charge in [-0.1, -0.05) is 11.8 Å². The molecule has 0 saturated heterocycles. The number of rotatable bonds is 4. The van der Waals surface area contributed by atoms with Gasteiger partial charge in [0.05, 0.1) is 0 Å². The molecular weight excluding hydrogens is 253 g/mol. The van der Waals surface area contributed by atoms with Crippen LogP contribution in [0.25, 0.3) is 0 Å². The van der Waals surface area contributed by atoms with E-state index in [1.54, 1.807) is 14.1 Å². The topological polar surface area (TPSA) is 60.4 Å². The summed E-state index contributed by atoms with van der Waals surface area (Å²) in [5.41, 5.74) is 0. The van der Waals surface area contributed by atoms with Gasteiger partial charge in [-0.2, -0.15) is 0 Å². The van der Waals surface area contributed by atoms with E-state index in [0.29, 0.717) is 12.2 Å². The molecule has 4 nitrogen and oxygen atoms in total. The van der Waals surface area contributed by atoms with Gasteiger partial charge in [0, 0.05) is 25.6 Å². The first-order valence-corrected chi connectivity index (χ1v) is 7.17. The van der Waals surface area contributed by atoms with E-state index in [2.05, 4.69) is 11.2 Å². The Morgan fingerprint density at radius 1 is 1.57 bits per heavy atom. The van der Waals surface area contributed by atoms with Crippen LogP contribution < -0.4 is 29.6 Å². The molecule has 1 atom stereocenters. The van der Waals surface area contributed by atoms with Crippen molar-refractivity contribution in [2.45, 2.75) is 6.42 Å². The molecule has 0 aliphatic carbocycles. The molecule has 0 aromatic carbocycles. The number of carbonyl (C=O) groups is 1. The smallest absolute Gasteiger partial charge is 0.769 e. The maximum absolute atomic E-state index is 11.0. The van der Waals surface area contributed by atoms with Crippen molar-refractivity contribution in [3.05, 3.63) is 0 Å². The third-order valence-corrected chi connectivity index (χ3v) is 3.52. The largest absolute Gasteiger partial charge is 1.00 e. The molecule has 8 heteroatoms. The summed E-state index contributed by atoms with van der Waals surface area (Å²) in [5, 5.41) is -0.0678. The Morgan fingerprint density at radius 2 is 2.07 bits per heavy atom. The molecule has 0 aromatic heterocycles. The summed E-state index contributed by atoms with van der Waals surface area (Å²) in [6.07, 6.45) is 0.427. The molecule has 0 saturated carbocycles. The van der Waals surface area contributed by atoms with Gasteiger partial charge in [0.25, 0.3) is 5.24 Å². The molecule has 1 unspecified atom stereocenters. The minimum absolute atomic E-state index is 0. The fraction of sp³-hybridized carbons (Fsp3) is 0.833. The van der Waals surface area contributed by atoms with E-state index in [-0.39, 0.29) is 40.5 Å². The van der Waals surface area contributed by atoms with Crippen molar-refractivity contribution >= 4 is 37.0 Å². The van der Waals surface area contributed by atoms with Gasteiger partial charge in [-0.25, -0.2) is 0 Å². The van der Waals surface area contributed by atoms with Crippen molar-refractivity contribution in [3.8, 4) is 0 Å². The van der Waals surface area contributed by atoms with Crippen LogP contribution in [0.4, 0.5) is 4.79 Å². The van der Waals surface area contributed by atoms with E-state index in [9.17, 15) is 13.6 Å². The Kier molecular flexibility index (Phi) is 10.4. The van der Waals surface area contributed by atoms with E-state index >= 15 is 0 Å². The van der Waals surface area contributed by atoms with Gasteiger partial charge in [-0.15, -0.1) is 0 Å². The van der Waals surface area contributed by atoms with Crippen molar-refractivity contribution in [1.82, 2.24) is 4.90 Å². The Bertz CT molecular complexity index is 265. The summed E-state index contributed by atoms with van der Waals surface area (Å²) in [6, 6.07) is 0. The number of hydrogen-bond donors (Lipinski definition) is 0. The number of amides is 1. The minimum atomic E-state index is -3.30. The van der Waals surface area contributed by atoms with Crippen LogP contribution in [0.5, 0.6) is 0 Å². The van der Waals surface area contributed by atoms with Crippen LogP contribution in [0, 0.1) is 0 Å². The van der Waals surface area contributed by atoms with Gasteiger partial charge >= 0.3 is 29.6 Å². The van der Waals surface area contributed by atoms with Crippen LogP contribution in [-0.2, 0) is 20.0 Å². The van der Waals surface area contributed by atoms with E-state index < -0.39 is 8.77 Å². The Morgan fingerprint density at radius 3 is 2.43 bits per heavy atom. The van der Waals surface area contributed by atoms with Crippen molar-refractivity contribution in [3.63, 3.8) is 0 Å². The summed E-state index contributed by atoms with van der Waals surface area (Å²) >= 11 is 5.28. The zero-order valence-electron chi connectivity index (χ0n) is 8.52. The average molecular weight is 265 g/mol. The summed E-state index contributed by atoms with van der Waals surface area (Å²) < 4.78 is 21.0. The quantitative estimate of drug-likeness (QED) is 0.421. The summed E-state index contributed by atoms with van der Waals surface area (Å²) in [5.74, 6) is 0.461. The van der Waals surface area contributed by atoms with Gasteiger partial charge in [-0.3, -0.25) is 9.00 Å². The van der Waals surface area contributed by atoms with Crippen LogP contribution in [0.1, 0.15) is 6.42 Å². The Labute approximate surface area is 116 Å². The van der Waals surface area contributed by atoms with Gasteiger partial charge in [0.1, 0.15) is 0 Å². The third-order valence-electron chi connectivity index (χ3n) is 1.13. The second kappa shape index (κ2) is 8.32. The molecule has 0 spiro atoms. The zero-order valence-corrected chi connectivity index (χ0v) is 13.0. The molecule has 0 N–H and O–H groups in total. The first-order chi connectivity index (χ1) is 5.83.